The molecule has 6 heteroatoms. The van der Waals surface area contributed by atoms with Crippen LogP contribution in [-0.2, 0) is 29.2 Å². The molecule has 0 unspecified atom stereocenters. The first-order valence-electron chi connectivity index (χ1n) is 17.9. The second-order valence-electron chi connectivity index (χ2n) is 13.8. The Morgan fingerprint density at radius 3 is 2.36 bits per heavy atom. The van der Waals surface area contributed by atoms with Gasteiger partial charge in [0, 0.05) is 32.2 Å². The van der Waals surface area contributed by atoms with Gasteiger partial charge in [0.1, 0.15) is 18.1 Å². The first-order valence-corrected chi connectivity index (χ1v) is 17.9. The molecule has 1 amide bonds. The van der Waals surface area contributed by atoms with Gasteiger partial charge in [-0.15, -0.1) is 0 Å². The number of rotatable bonds is 17. The molecule has 3 aromatic rings. The molecule has 1 fully saturated rings. The summed E-state index contributed by atoms with van der Waals surface area (Å²) in [6, 6.07) is 25.3. The summed E-state index contributed by atoms with van der Waals surface area (Å²) >= 11 is 0. The van der Waals surface area contributed by atoms with Crippen LogP contribution in [0, 0.1) is 11.8 Å². The van der Waals surface area contributed by atoms with Crippen molar-refractivity contribution in [1.29, 1.82) is 0 Å². The number of carbonyl (C=O) groups is 2. The van der Waals surface area contributed by atoms with Crippen LogP contribution < -0.4 is 4.74 Å². The number of unbranched alkanes of at least 4 members (excludes halogenated alkanes) is 1. The van der Waals surface area contributed by atoms with Crippen molar-refractivity contribution in [3.63, 3.8) is 0 Å². The highest BCUT2D eigenvalue weighted by Crippen LogP contribution is 2.38. The van der Waals surface area contributed by atoms with Crippen molar-refractivity contribution in [2.45, 2.75) is 122 Å². The fraction of sp³-hybridized carbons (Fsp3) is 0.512. The highest BCUT2D eigenvalue weighted by Gasteiger charge is 2.38. The summed E-state index contributed by atoms with van der Waals surface area (Å²) in [5.41, 5.74) is 4.08. The number of aliphatic hydroxyl groups excluding tert-OH is 2. The molecule has 252 valence electrons. The van der Waals surface area contributed by atoms with Gasteiger partial charge in [-0.1, -0.05) is 112 Å². The molecule has 4 atom stereocenters. The lowest BCUT2D eigenvalue weighted by Crippen LogP contribution is -2.39. The van der Waals surface area contributed by atoms with E-state index in [9.17, 15) is 19.8 Å². The summed E-state index contributed by atoms with van der Waals surface area (Å²) in [6.07, 6.45) is 9.24. The maximum absolute atomic E-state index is 14.1. The Balaban J connectivity index is 1.28. The Morgan fingerprint density at radius 2 is 1.62 bits per heavy atom. The van der Waals surface area contributed by atoms with Gasteiger partial charge in [-0.3, -0.25) is 9.59 Å². The average Bonchev–Trinajstić information content (AvgIpc) is 3.44. The first kappa shape index (κ1) is 34.8. The van der Waals surface area contributed by atoms with Crippen LogP contribution in [0.3, 0.4) is 0 Å². The lowest BCUT2D eigenvalue weighted by Gasteiger charge is -2.33. The molecule has 0 aliphatic heterocycles. The predicted octanol–water partition coefficient (Wildman–Crippen LogP) is 8.13. The van der Waals surface area contributed by atoms with E-state index in [4.69, 9.17) is 4.74 Å². The molecule has 2 aliphatic carbocycles. The standard InChI is InChI=1S/C41H53NO5/c1-2-3-17-35(43)26-34(25-30-12-6-4-7-13-30)38(44)23-24-40(46)42(41-37-18-11-10-16-33(37)27-39(41)45)28-31-19-21-36(22-20-31)47-29-32-14-8-5-9-15-32/h5,8-11,14-16,18-22,30,34,38-39,41,44-45H,2-4,6-7,12-13,17,23-29H2,1H3/t34-,38+,39-,41+/m1/s1. The van der Waals surface area contributed by atoms with Crippen molar-refractivity contribution in [1.82, 2.24) is 4.90 Å². The molecule has 0 radical (unpaired) electrons. The molecule has 0 spiro atoms. The third kappa shape index (κ3) is 10.0. The number of fused-ring (bicyclic) bond motifs is 1. The Kier molecular flexibility index (Phi) is 13.1. The zero-order valence-electron chi connectivity index (χ0n) is 28.1. The van der Waals surface area contributed by atoms with Crippen LogP contribution >= 0.6 is 0 Å². The number of Topliss-reactive ketones (excluding diaryl/α,β-unsaturated/α-hetero) is 1. The molecule has 6 nitrogen and oxygen atoms in total. The Bertz CT molecular complexity index is 1400. The van der Waals surface area contributed by atoms with E-state index in [2.05, 4.69) is 6.92 Å². The zero-order chi connectivity index (χ0) is 33.0. The molecular weight excluding hydrogens is 586 g/mol. The number of ketones is 1. The lowest BCUT2D eigenvalue weighted by atomic mass is 9.78. The monoisotopic (exact) mass is 639 g/mol. The van der Waals surface area contributed by atoms with E-state index in [1.165, 1.54) is 19.3 Å². The average molecular weight is 640 g/mol. The largest absolute Gasteiger partial charge is 0.489 e. The number of carbonyl (C=O) groups excluding carboxylic acids is 2. The summed E-state index contributed by atoms with van der Waals surface area (Å²) in [7, 11) is 0. The minimum absolute atomic E-state index is 0.0945. The fourth-order valence-electron chi connectivity index (χ4n) is 7.55. The first-order chi connectivity index (χ1) is 22.9. The molecule has 0 bridgehead atoms. The number of amides is 1. The predicted molar refractivity (Wildman–Crippen MR) is 186 cm³/mol. The fourth-order valence-corrected chi connectivity index (χ4v) is 7.55. The van der Waals surface area contributed by atoms with Crippen molar-refractivity contribution in [2.75, 3.05) is 0 Å². The van der Waals surface area contributed by atoms with E-state index in [0.717, 1.165) is 60.1 Å². The second-order valence-corrected chi connectivity index (χ2v) is 13.8. The van der Waals surface area contributed by atoms with Crippen LogP contribution in [0.15, 0.2) is 78.9 Å². The molecule has 0 heterocycles. The second kappa shape index (κ2) is 17.6. The van der Waals surface area contributed by atoms with Crippen LogP contribution in [0.1, 0.15) is 112 Å². The molecular formula is C41H53NO5. The minimum Gasteiger partial charge on any atom is -0.489 e. The number of hydrogen-bond acceptors (Lipinski definition) is 5. The van der Waals surface area contributed by atoms with E-state index in [-0.39, 0.29) is 24.0 Å². The van der Waals surface area contributed by atoms with Crippen molar-refractivity contribution < 1.29 is 24.5 Å². The normalized spacial score (nSPS) is 19.1. The Labute approximate surface area is 281 Å². The minimum atomic E-state index is -0.713. The summed E-state index contributed by atoms with van der Waals surface area (Å²) < 4.78 is 5.98. The summed E-state index contributed by atoms with van der Waals surface area (Å²) in [6.45, 7) is 2.90. The number of hydrogen-bond donors (Lipinski definition) is 2. The third-order valence-corrected chi connectivity index (χ3v) is 10.2. The van der Waals surface area contributed by atoms with Crippen LogP contribution in [-0.4, -0.2) is 39.0 Å². The maximum Gasteiger partial charge on any atom is 0.223 e. The highest BCUT2D eigenvalue weighted by atomic mass is 16.5. The topological polar surface area (TPSA) is 87.1 Å². The van der Waals surface area contributed by atoms with Crippen molar-refractivity contribution in [3.8, 4) is 5.75 Å². The van der Waals surface area contributed by atoms with E-state index >= 15 is 0 Å². The highest BCUT2D eigenvalue weighted by molar-refractivity contribution is 5.79. The van der Waals surface area contributed by atoms with E-state index in [0.29, 0.717) is 44.8 Å². The summed E-state index contributed by atoms with van der Waals surface area (Å²) in [4.78, 5) is 28.8. The van der Waals surface area contributed by atoms with Gasteiger partial charge in [-0.05, 0) is 65.5 Å². The van der Waals surface area contributed by atoms with Crippen molar-refractivity contribution in [2.24, 2.45) is 11.8 Å². The van der Waals surface area contributed by atoms with Gasteiger partial charge in [0.25, 0.3) is 0 Å². The van der Waals surface area contributed by atoms with E-state index in [1.807, 2.05) is 78.9 Å². The zero-order valence-corrected chi connectivity index (χ0v) is 28.1. The molecule has 47 heavy (non-hydrogen) atoms. The quantitative estimate of drug-likeness (QED) is 0.156. The van der Waals surface area contributed by atoms with Gasteiger partial charge >= 0.3 is 0 Å². The van der Waals surface area contributed by atoms with Gasteiger partial charge in [0.2, 0.25) is 5.91 Å². The van der Waals surface area contributed by atoms with Crippen LogP contribution in [0.25, 0.3) is 0 Å². The molecule has 0 aromatic heterocycles. The lowest BCUT2D eigenvalue weighted by molar-refractivity contribution is -0.137. The molecule has 2 N–H and O–H groups in total. The van der Waals surface area contributed by atoms with Gasteiger partial charge < -0.3 is 19.8 Å². The van der Waals surface area contributed by atoms with Gasteiger partial charge in [-0.2, -0.15) is 0 Å². The number of ether oxygens (including phenoxy) is 1. The third-order valence-electron chi connectivity index (χ3n) is 10.2. The molecule has 5 rings (SSSR count). The van der Waals surface area contributed by atoms with Gasteiger partial charge in [0.05, 0.1) is 18.2 Å². The van der Waals surface area contributed by atoms with Gasteiger partial charge in [0.15, 0.2) is 0 Å². The van der Waals surface area contributed by atoms with E-state index in [1.54, 1.807) is 4.90 Å². The summed E-state index contributed by atoms with van der Waals surface area (Å²) in [5, 5.41) is 22.7. The van der Waals surface area contributed by atoms with E-state index < -0.39 is 18.2 Å². The van der Waals surface area contributed by atoms with Crippen LogP contribution in [0.4, 0.5) is 0 Å². The number of nitrogens with zero attached hydrogens (tertiary/aromatic N) is 1. The van der Waals surface area contributed by atoms with Crippen molar-refractivity contribution >= 4 is 11.7 Å². The maximum atomic E-state index is 14.1. The van der Waals surface area contributed by atoms with Crippen molar-refractivity contribution in [3.05, 3.63) is 101 Å². The van der Waals surface area contributed by atoms with Crippen LogP contribution in [0.2, 0.25) is 0 Å². The molecule has 0 saturated heterocycles. The Morgan fingerprint density at radius 1 is 0.894 bits per heavy atom. The molecule has 1 saturated carbocycles. The number of aliphatic hydroxyl groups is 2. The smallest absolute Gasteiger partial charge is 0.223 e. The van der Waals surface area contributed by atoms with Gasteiger partial charge in [-0.25, -0.2) is 0 Å². The Hall–Kier alpha value is -3.48. The van der Waals surface area contributed by atoms with Crippen LogP contribution in [0.5, 0.6) is 5.75 Å². The number of benzene rings is 3. The molecule has 2 aliphatic rings. The molecule has 3 aromatic carbocycles. The summed E-state index contributed by atoms with van der Waals surface area (Å²) in [5.74, 6) is 1.30. The SMILES string of the molecule is CCCCC(=O)C[C@@H](CC1CCCCC1)[C@@H](O)CCC(=O)N(Cc1ccc(OCc2ccccc2)cc1)[C@H]1c2ccccc2C[C@H]1O.